The zero-order valence-electron chi connectivity index (χ0n) is 7.07. The molecular formula is C9H10N4. The quantitative estimate of drug-likeness (QED) is 0.711. The van der Waals surface area contributed by atoms with Crippen molar-refractivity contribution in [3.05, 3.63) is 36.4 Å². The van der Waals surface area contributed by atoms with Crippen molar-refractivity contribution in [3.63, 3.8) is 0 Å². The van der Waals surface area contributed by atoms with Crippen LogP contribution in [-0.2, 0) is 6.54 Å². The molecule has 0 atom stereocenters. The Morgan fingerprint density at radius 3 is 2.85 bits per heavy atom. The Balaban J connectivity index is 2.36. The van der Waals surface area contributed by atoms with E-state index in [0.29, 0.717) is 6.54 Å². The summed E-state index contributed by atoms with van der Waals surface area (Å²) in [7, 11) is 0. The first-order valence-corrected chi connectivity index (χ1v) is 4.05. The SMILES string of the molecule is NCc1ncc(-c2ccccn2)[nH]1. The third kappa shape index (κ3) is 1.57. The Morgan fingerprint density at radius 2 is 2.23 bits per heavy atom. The van der Waals surface area contributed by atoms with Gasteiger partial charge in [-0.2, -0.15) is 0 Å². The predicted molar refractivity (Wildman–Crippen MR) is 49.7 cm³/mol. The smallest absolute Gasteiger partial charge is 0.120 e. The van der Waals surface area contributed by atoms with Crippen LogP contribution >= 0.6 is 0 Å². The molecule has 0 spiro atoms. The Morgan fingerprint density at radius 1 is 1.31 bits per heavy atom. The van der Waals surface area contributed by atoms with Gasteiger partial charge in [0.15, 0.2) is 0 Å². The molecule has 2 heterocycles. The van der Waals surface area contributed by atoms with E-state index in [0.717, 1.165) is 17.2 Å². The number of nitrogens with one attached hydrogen (secondary N) is 1. The van der Waals surface area contributed by atoms with E-state index in [2.05, 4.69) is 15.0 Å². The lowest BCUT2D eigenvalue weighted by molar-refractivity contribution is 0.950. The summed E-state index contributed by atoms with van der Waals surface area (Å²) in [5.41, 5.74) is 7.21. The first-order chi connectivity index (χ1) is 6.40. The second-order valence-corrected chi connectivity index (χ2v) is 2.66. The minimum Gasteiger partial charge on any atom is -0.340 e. The molecule has 4 heteroatoms. The van der Waals surface area contributed by atoms with Gasteiger partial charge in [-0.1, -0.05) is 6.07 Å². The molecule has 0 aliphatic carbocycles. The topological polar surface area (TPSA) is 67.6 Å². The largest absolute Gasteiger partial charge is 0.340 e. The van der Waals surface area contributed by atoms with E-state index in [1.54, 1.807) is 12.4 Å². The van der Waals surface area contributed by atoms with Crippen LogP contribution in [0.2, 0.25) is 0 Å². The lowest BCUT2D eigenvalue weighted by Crippen LogP contribution is -1.97. The summed E-state index contributed by atoms with van der Waals surface area (Å²) in [5.74, 6) is 0.778. The summed E-state index contributed by atoms with van der Waals surface area (Å²) >= 11 is 0. The molecule has 66 valence electrons. The van der Waals surface area contributed by atoms with E-state index in [4.69, 9.17) is 5.73 Å². The van der Waals surface area contributed by atoms with Gasteiger partial charge >= 0.3 is 0 Å². The van der Waals surface area contributed by atoms with E-state index >= 15 is 0 Å². The molecule has 0 aliphatic heterocycles. The maximum Gasteiger partial charge on any atom is 0.120 e. The number of nitrogens with zero attached hydrogens (tertiary/aromatic N) is 2. The van der Waals surface area contributed by atoms with Gasteiger partial charge in [0.05, 0.1) is 24.1 Å². The van der Waals surface area contributed by atoms with Crippen LogP contribution in [0.15, 0.2) is 30.6 Å². The fourth-order valence-electron chi connectivity index (χ4n) is 1.12. The van der Waals surface area contributed by atoms with E-state index in [9.17, 15) is 0 Å². The highest BCUT2D eigenvalue weighted by molar-refractivity contribution is 5.52. The molecule has 4 nitrogen and oxygen atoms in total. The summed E-state index contributed by atoms with van der Waals surface area (Å²) in [5, 5.41) is 0. The van der Waals surface area contributed by atoms with Crippen LogP contribution in [0.1, 0.15) is 5.82 Å². The van der Waals surface area contributed by atoms with Crippen LogP contribution in [0.25, 0.3) is 11.4 Å². The van der Waals surface area contributed by atoms with E-state index in [-0.39, 0.29) is 0 Å². The van der Waals surface area contributed by atoms with Crippen molar-refractivity contribution in [3.8, 4) is 11.4 Å². The minimum atomic E-state index is 0.423. The normalized spacial score (nSPS) is 10.2. The fraction of sp³-hybridized carbons (Fsp3) is 0.111. The zero-order chi connectivity index (χ0) is 9.10. The number of imidazole rings is 1. The highest BCUT2D eigenvalue weighted by atomic mass is 14.9. The molecule has 0 bridgehead atoms. The molecule has 0 radical (unpaired) electrons. The predicted octanol–water partition coefficient (Wildman–Crippen LogP) is 0.930. The number of hydrogen-bond acceptors (Lipinski definition) is 3. The van der Waals surface area contributed by atoms with Crippen molar-refractivity contribution < 1.29 is 0 Å². The van der Waals surface area contributed by atoms with Crippen LogP contribution < -0.4 is 5.73 Å². The van der Waals surface area contributed by atoms with Crippen molar-refractivity contribution in [1.82, 2.24) is 15.0 Å². The fourth-order valence-corrected chi connectivity index (χ4v) is 1.12. The molecule has 0 amide bonds. The molecule has 2 aromatic rings. The number of rotatable bonds is 2. The second kappa shape index (κ2) is 3.37. The molecule has 0 aromatic carbocycles. The summed E-state index contributed by atoms with van der Waals surface area (Å²) in [6, 6.07) is 5.74. The second-order valence-electron chi connectivity index (χ2n) is 2.66. The van der Waals surface area contributed by atoms with Gasteiger partial charge in [-0.25, -0.2) is 4.98 Å². The molecule has 3 N–H and O–H groups in total. The van der Waals surface area contributed by atoms with Crippen LogP contribution in [0.4, 0.5) is 0 Å². The molecule has 0 aliphatic rings. The van der Waals surface area contributed by atoms with Crippen molar-refractivity contribution in [2.45, 2.75) is 6.54 Å². The molecule has 13 heavy (non-hydrogen) atoms. The maximum atomic E-state index is 5.43. The summed E-state index contributed by atoms with van der Waals surface area (Å²) in [6.07, 6.45) is 3.49. The lowest BCUT2D eigenvalue weighted by atomic mass is 10.3. The average molecular weight is 174 g/mol. The number of aromatic nitrogens is 3. The monoisotopic (exact) mass is 174 g/mol. The summed E-state index contributed by atoms with van der Waals surface area (Å²) in [4.78, 5) is 11.4. The first kappa shape index (κ1) is 7.94. The van der Waals surface area contributed by atoms with Gasteiger partial charge in [0.1, 0.15) is 5.82 Å². The van der Waals surface area contributed by atoms with Gasteiger partial charge in [0, 0.05) is 6.20 Å². The van der Waals surface area contributed by atoms with E-state index < -0.39 is 0 Å². The highest BCUT2D eigenvalue weighted by Crippen LogP contribution is 2.12. The Kier molecular flexibility index (Phi) is 2.06. The van der Waals surface area contributed by atoms with Crippen molar-refractivity contribution >= 4 is 0 Å². The molecule has 2 aromatic heterocycles. The van der Waals surface area contributed by atoms with Gasteiger partial charge in [-0.15, -0.1) is 0 Å². The Labute approximate surface area is 75.8 Å². The number of nitrogens with two attached hydrogens (primary N) is 1. The standard InChI is InChI=1S/C9H10N4/c10-5-9-12-6-8(13-9)7-3-1-2-4-11-7/h1-4,6H,5,10H2,(H,12,13). The third-order valence-corrected chi connectivity index (χ3v) is 1.76. The van der Waals surface area contributed by atoms with Crippen LogP contribution in [0.3, 0.4) is 0 Å². The average Bonchev–Trinajstić information content (AvgIpc) is 2.67. The van der Waals surface area contributed by atoms with Gasteiger partial charge in [0.25, 0.3) is 0 Å². The van der Waals surface area contributed by atoms with Crippen LogP contribution in [-0.4, -0.2) is 15.0 Å². The summed E-state index contributed by atoms with van der Waals surface area (Å²) in [6.45, 7) is 0.423. The maximum absolute atomic E-state index is 5.43. The van der Waals surface area contributed by atoms with Gasteiger partial charge in [-0.3, -0.25) is 4.98 Å². The van der Waals surface area contributed by atoms with Crippen molar-refractivity contribution in [2.24, 2.45) is 5.73 Å². The van der Waals surface area contributed by atoms with Gasteiger partial charge < -0.3 is 10.7 Å². The summed E-state index contributed by atoms with van der Waals surface area (Å²) < 4.78 is 0. The Hall–Kier alpha value is -1.68. The number of pyridine rings is 1. The van der Waals surface area contributed by atoms with E-state index in [1.807, 2.05) is 18.2 Å². The van der Waals surface area contributed by atoms with E-state index in [1.165, 1.54) is 0 Å². The number of hydrogen-bond donors (Lipinski definition) is 2. The lowest BCUT2D eigenvalue weighted by Gasteiger charge is -1.93. The highest BCUT2D eigenvalue weighted by Gasteiger charge is 2.01. The van der Waals surface area contributed by atoms with Gasteiger partial charge in [-0.05, 0) is 12.1 Å². The van der Waals surface area contributed by atoms with Crippen LogP contribution in [0, 0.1) is 0 Å². The van der Waals surface area contributed by atoms with Crippen molar-refractivity contribution in [1.29, 1.82) is 0 Å². The third-order valence-electron chi connectivity index (χ3n) is 1.76. The Bertz CT molecular complexity index is 380. The minimum absolute atomic E-state index is 0.423. The molecule has 0 unspecified atom stereocenters. The van der Waals surface area contributed by atoms with Crippen molar-refractivity contribution in [2.75, 3.05) is 0 Å². The molecule has 0 fully saturated rings. The van der Waals surface area contributed by atoms with Crippen LogP contribution in [0.5, 0.6) is 0 Å². The zero-order valence-corrected chi connectivity index (χ0v) is 7.07. The number of aromatic amines is 1. The molecule has 0 saturated carbocycles. The molecular weight excluding hydrogens is 164 g/mol. The van der Waals surface area contributed by atoms with Gasteiger partial charge in [0.2, 0.25) is 0 Å². The number of H-pyrrole nitrogens is 1. The first-order valence-electron chi connectivity index (χ1n) is 4.05. The molecule has 2 rings (SSSR count). The molecule has 0 saturated heterocycles.